The number of anilines is 1. The van der Waals surface area contributed by atoms with Gasteiger partial charge in [0.1, 0.15) is 17.1 Å². The summed E-state index contributed by atoms with van der Waals surface area (Å²) in [6.45, 7) is 8.88. The average molecular weight is 495 g/mol. The van der Waals surface area contributed by atoms with E-state index < -0.39 is 21.8 Å². The van der Waals surface area contributed by atoms with Crippen LogP contribution in [0.25, 0.3) is 0 Å². The first-order valence-corrected chi connectivity index (χ1v) is 13.0. The maximum atomic E-state index is 14.0. The van der Waals surface area contributed by atoms with E-state index in [9.17, 15) is 17.6 Å². The summed E-state index contributed by atoms with van der Waals surface area (Å²) in [7, 11) is -1.49. The third-order valence-electron chi connectivity index (χ3n) is 5.84. The molecule has 2 aromatic carbocycles. The van der Waals surface area contributed by atoms with Crippen molar-refractivity contribution in [2.75, 3.05) is 38.6 Å². The van der Waals surface area contributed by atoms with Crippen molar-refractivity contribution < 1.29 is 27.1 Å². The van der Waals surface area contributed by atoms with Crippen LogP contribution in [0.15, 0.2) is 35.2 Å². The average Bonchev–Trinajstić information content (AvgIpc) is 2.82. The van der Waals surface area contributed by atoms with E-state index in [-0.39, 0.29) is 21.9 Å². The smallest absolute Gasteiger partial charge is 0.343 e. The number of nitrogens with one attached hydrogen (secondary N) is 1. The van der Waals surface area contributed by atoms with Crippen molar-refractivity contribution in [2.24, 2.45) is 0 Å². The summed E-state index contributed by atoms with van der Waals surface area (Å²) in [5.41, 5.74) is 1.17. The Kier molecular flexibility index (Phi) is 10.3. The lowest BCUT2D eigenvalue weighted by molar-refractivity contribution is 0.0598. The van der Waals surface area contributed by atoms with Crippen LogP contribution in [0.4, 0.5) is 10.1 Å². The van der Waals surface area contributed by atoms with Crippen LogP contribution in [0, 0.1) is 5.82 Å². The van der Waals surface area contributed by atoms with E-state index in [0.717, 1.165) is 44.1 Å². The molecule has 0 spiro atoms. The number of nitrogens with zero attached hydrogens (tertiary/aromatic N) is 1. The van der Waals surface area contributed by atoms with Crippen molar-refractivity contribution in [3.8, 4) is 5.75 Å². The molecule has 2 aromatic rings. The van der Waals surface area contributed by atoms with Crippen LogP contribution in [0.2, 0.25) is 0 Å². The third kappa shape index (κ3) is 6.70. The Morgan fingerprint density at radius 3 is 2.32 bits per heavy atom. The van der Waals surface area contributed by atoms with E-state index in [4.69, 9.17) is 9.47 Å². The number of esters is 1. The number of carbonyl (C=O) groups excluding carboxylic acids is 1. The Hall–Kier alpha value is -2.65. The maximum Gasteiger partial charge on any atom is 0.343 e. The minimum Gasteiger partial charge on any atom is -0.495 e. The lowest BCUT2D eigenvalue weighted by atomic mass is 10.0. The summed E-state index contributed by atoms with van der Waals surface area (Å²) >= 11 is 0. The molecule has 0 amide bonds. The third-order valence-corrected chi connectivity index (χ3v) is 7.30. The topological polar surface area (TPSA) is 84.9 Å². The number of aryl methyl sites for hydroxylation is 2. The Balaban J connectivity index is 2.38. The van der Waals surface area contributed by atoms with E-state index in [0.29, 0.717) is 18.4 Å². The first-order valence-electron chi connectivity index (χ1n) is 11.5. The highest BCUT2D eigenvalue weighted by molar-refractivity contribution is 7.92. The van der Waals surface area contributed by atoms with Crippen LogP contribution >= 0.6 is 0 Å². The first kappa shape index (κ1) is 27.6. The molecule has 0 aliphatic carbocycles. The van der Waals surface area contributed by atoms with Gasteiger partial charge in [-0.05, 0) is 80.7 Å². The van der Waals surface area contributed by atoms with Crippen molar-refractivity contribution in [1.82, 2.24) is 4.90 Å². The molecule has 0 saturated heterocycles. The molecule has 0 aliphatic rings. The normalized spacial score (nSPS) is 11.5. The molecule has 2 rings (SSSR count). The maximum absolute atomic E-state index is 14.0. The van der Waals surface area contributed by atoms with Gasteiger partial charge in [0.2, 0.25) is 0 Å². The van der Waals surface area contributed by atoms with Crippen LogP contribution < -0.4 is 9.46 Å². The second-order valence-corrected chi connectivity index (χ2v) is 9.52. The van der Waals surface area contributed by atoms with Gasteiger partial charge in [0.25, 0.3) is 10.0 Å². The number of unbranched alkanes of at least 4 members (excludes halogenated alkanes) is 1. The van der Waals surface area contributed by atoms with Crippen LogP contribution in [-0.4, -0.2) is 53.1 Å². The van der Waals surface area contributed by atoms with Crippen LogP contribution in [0.5, 0.6) is 5.75 Å². The number of methoxy groups -OCH3 is 2. The van der Waals surface area contributed by atoms with E-state index in [2.05, 4.69) is 23.5 Å². The number of sulfonamides is 1. The quantitative estimate of drug-likeness (QED) is 0.322. The van der Waals surface area contributed by atoms with Gasteiger partial charge in [0.05, 0.1) is 24.8 Å². The number of rotatable bonds is 13. The molecule has 7 nitrogen and oxygen atoms in total. The summed E-state index contributed by atoms with van der Waals surface area (Å²) in [6.07, 6.45) is 2.58. The van der Waals surface area contributed by atoms with Gasteiger partial charge in [-0.3, -0.25) is 4.72 Å². The van der Waals surface area contributed by atoms with Gasteiger partial charge in [-0.2, -0.15) is 0 Å². The van der Waals surface area contributed by atoms with E-state index in [1.807, 2.05) is 6.92 Å². The predicted octanol–water partition coefficient (Wildman–Crippen LogP) is 4.65. The van der Waals surface area contributed by atoms with Gasteiger partial charge in [0, 0.05) is 0 Å². The SMILES string of the molecule is CCc1ccc(NS(=O)(=O)c2ccc(F)cc2CCCCN(CC)CC)c(C(=O)OC)c1OC. The number of hydrogen-bond donors (Lipinski definition) is 1. The Morgan fingerprint density at radius 1 is 1.03 bits per heavy atom. The van der Waals surface area contributed by atoms with Crippen molar-refractivity contribution in [3.63, 3.8) is 0 Å². The lowest BCUT2D eigenvalue weighted by Crippen LogP contribution is -2.24. The summed E-state index contributed by atoms with van der Waals surface area (Å²) in [5.74, 6) is -0.965. The van der Waals surface area contributed by atoms with Gasteiger partial charge < -0.3 is 14.4 Å². The fourth-order valence-corrected chi connectivity index (χ4v) is 5.25. The standard InChI is InChI=1S/C25H35FN2O5S/c1-6-18-12-14-21(23(24(18)32-4)25(29)33-5)27-34(30,31)22-15-13-20(26)17-19(22)11-9-10-16-28(7-2)8-3/h12-15,17,27H,6-11,16H2,1-5H3. The summed E-state index contributed by atoms with van der Waals surface area (Å²) in [6, 6.07) is 6.84. The highest BCUT2D eigenvalue weighted by Gasteiger charge is 2.26. The fourth-order valence-electron chi connectivity index (χ4n) is 3.92. The predicted molar refractivity (Wildman–Crippen MR) is 132 cm³/mol. The number of carbonyl (C=O) groups is 1. The molecule has 0 fully saturated rings. The molecule has 0 radical (unpaired) electrons. The van der Waals surface area contributed by atoms with E-state index in [1.54, 1.807) is 6.07 Å². The number of ether oxygens (including phenoxy) is 2. The summed E-state index contributed by atoms with van der Waals surface area (Å²) in [4.78, 5) is 14.8. The van der Waals surface area contributed by atoms with E-state index >= 15 is 0 Å². The minimum absolute atomic E-state index is 0.00388. The molecule has 0 aromatic heterocycles. The second-order valence-electron chi connectivity index (χ2n) is 7.87. The first-order chi connectivity index (χ1) is 16.2. The van der Waals surface area contributed by atoms with Gasteiger partial charge in [-0.1, -0.05) is 26.8 Å². The fraction of sp³-hybridized carbons (Fsp3) is 0.480. The van der Waals surface area contributed by atoms with E-state index in [1.165, 1.54) is 32.4 Å². The van der Waals surface area contributed by atoms with Crippen molar-refractivity contribution >= 4 is 21.7 Å². The van der Waals surface area contributed by atoms with Gasteiger partial charge in [-0.25, -0.2) is 17.6 Å². The highest BCUT2D eigenvalue weighted by atomic mass is 32.2. The minimum atomic E-state index is -4.12. The number of benzene rings is 2. The molecule has 1 N–H and O–H groups in total. The molecule has 0 saturated carbocycles. The lowest BCUT2D eigenvalue weighted by Gasteiger charge is -2.19. The van der Waals surface area contributed by atoms with Gasteiger partial charge in [-0.15, -0.1) is 0 Å². The van der Waals surface area contributed by atoms with Crippen molar-refractivity contribution in [3.05, 3.63) is 52.8 Å². The van der Waals surface area contributed by atoms with Crippen LogP contribution in [-0.2, 0) is 27.6 Å². The molecule has 9 heteroatoms. The molecule has 0 aliphatic heterocycles. The number of halogens is 1. The van der Waals surface area contributed by atoms with Crippen molar-refractivity contribution in [1.29, 1.82) is 0 Å². The molecule has 34 heavy (non-hydrogen) atoms. The van der Waals surface area contributed by atoms with Crippen molar-refractivity contribution in [2.45, 2.75) is 51.3 Å². The summed E-state index contributed by atoms with van der Waals surface area (Å²) < 4.78 is 53.5. The zero-order chi connectivity index (χ0) is 25.3. The molecular formula is C25H35FN2O5S. The molecule has 0 unspecified atom stereocenters. The molecular weight excluding hydrogens is 459 g/mol. The van der Waals surface area contributed by atoms with Crippen LogP contribution in [0.1, 0.15) is 55.1 Å². The van der Waals surface area contributed by atoms with Gasteiger partial charge in [0.15, 0.2) is 0 Å². The Labute approximate surface area is 202 Å². The summed E-state index contributed by atoms with van der Waals surface area (Å²) in [5, 5.41) is 0. The molecule has 188 valence electrons. The van der Waals surface area contributed by atoms with Gasteiger partial charge >= 0.3 is 5.97 Å². The largest absolute Gasteiger partial charge is 0.495 e. The Morgan fingerprint density at radius 2 is 1.74 bits per heavy atom. The second kappa shape index (κ2) is 12.7. The number of hydrogen-bond acceptors (Lipinski definition) is 6. The molecule has 0 atom stereocenters. The highest BCUT2D eigenvalue weighted by Crippen LogP contribution is 2.33. The monoisotopic (exact) mass is 494 g/mol. The molecule has 0 heterocycles. The zero-order valence-electron chi connectivity index (χ0n) is 20.6. The Bertz CT molecular complexity index is 1080. The zero-order valence-corrected chi connectivity index (χ0v) is 21.4. The molecule has 0 bridgehead atoms. The van der Waals surface area contributed by atoms with Crippen LogP contribution in [0.3, 0.4) is 0 Å².